The minimum absolute atomic E-state index is 0. The second-order valence-corrected chi connectivity index (χ2v) is 4.70. The molecule has 0 rings (SSSR count). The number of aliphatic carboxylic acids is 6. The molecule has 0 saturated carbocycles. The maximum atomic E-state index is 9.77. The summed E-state index contributed by atoms with van der Waals surface area (Å²) >= 11 is 0. The summed E-state index contributed by atoms with van der Waals surface area (Å²) in [7, 11) is 0. The number of carboxylic acids is 6. The van der Waals surface area contributed by atoms with Crippen LogP contribution in [0.4, 0.5) is 0 Å². The third-order valence-electron chi connectivity index (χ3n) is 2.42. The summed E-state index contributed by atoms with van der Waals surface area (Å²) in [6, 6.07) is 0. The topological polar surface area (TPSA) is 345 Å². The molecule has 0 radical (unpaired) electrons. The number of carbonyl (C=O) groups is 6. The Bertz CT molecular complexity index is 498. The van der Waals surface area contributed by atoms with Gasteiger partial charge in [0.05, 0.1) is 0 Å². The van der Waals surface area contributed by atoms with E-state index < -0.39 is 72.4 Å². The maximum absolute atomic E-state index is 9.77. The molecule has 0 amide bonds. The van der Waals surface area contributed by atoms with E-state index in [-0.39, 0.29) is 79.9 Å². The van der Waals surface area contributed by atoms with E-state index in [1.54, 1.807) is 0 Å². The molecular weight excluding hydrogens is 747 g/mol. The van der Waals surface area contributed by atoms with E-state index in [9.17, 15) is 28.8 Å². The van der Waals surface area contributed by atoms with Crippen molar-refractivity contribution in [1.29, 1.82) is 0 Å². The Morgan fingerprint density at radius 1 is 0.312 bits per heavy atom. The average molecular weight is 765 g/mol. The Hall–Kier alpha value is -0.771. The van der Waals surface area contributed by atoms with Crippen molar-refractivity contribution < 1.29 is 170 Å². The van der Waals surface area contributed by atoms with Gasteiger partial charge in [-0.05, 0) is 0 Å². The van der Waals surface area contributed by atoms with Crippen molar-refractivity contribution in [1.82, 2.24) is 0 Å². The van der Waals surface area contributed by atoms with E-state index in [4.69, 9.17) is 61.3 Å². The van der Waals surface area contributed by atoms with Crippen molar-refractivity contribution >= 4 is 35.8 Å². The van der Waals surface area contributed by atoms with E-state index in [1.165, 1.54) is 0 Å². The normalized spacial score (nSPS) is 14.8. The fourth-order valence-electron chi connectivity index (χ4n) is 0.810. The molecule has 0 aromatic rings. The number of hydrogen-bond donors (Lipinski definition) is 12. The summed E-state index contributed by atoms with van der Waals surface area (Å²) in [6.45, 7) is 0. The Morgan fingerprint density at radius 3 is 0.406 bits per heavy atom. The first-order valence-electron chi connectivity index (χ1n) is 6.85. The van der Waals surface area contributed by atoms with Crippen LogP contribution in [0.15, 0.2) is 0 Å². The zero-order valence-corrected chi connectivity index (χ0v) is 19.5. The number of aliphatic hydroxyl groups is 6. The monoisotopic (exact) mass is 766 g/mol. The van der Waals surface area contributed by atoms with Crippen LogP contribution >= 0.6 is 0 Å². The first-order chi connectivity index (χ1) is 13.4. The number of carboxylic acid groups (broad SMARTS) is 6. The van der Waals surface area contributed by atoms with Gasteiger partial charge in [0.25, 0.3) is 0 Å². The zero-order chi connectivity index (χ0) is 24.9. The molecule has 0 aliphatic carbocycles. The van der Waals surface area contributed by atoms with Gasteiger partial charge in [0, 0.05) is 79.9 Å². The Morgan fingerprint density at radius 2 is 0.375 bits per heavy atom. The summed E-state index contributed by atoms with van der Waals surface area (Å²) in [4.78, 5) is 58.6. The van der Waals surface area contributed by atoms with Crippen LogP contribution in [0.5, 0.6) is 0 Å². The fourth-order valence-corrected chi connectivity index (χ4v) is 0.810. The molecule has 0 spiro atoms. The number of aliphatic hydroxyl groups excluding tert-OH is 6. The number of rotatable bonds is 9. The summed E-state index contributed by atoms with van der Waals surface area (Å²) < 4.78 is 0. The van der Waals surface area contributed by atoms with Crippen LogP contribution < -0.4 is 0 Å². The van der Waals surface area contributed by atoms with Crippen LogP contribution in [0.2, 0.25) is 0 Å². The van der Waals surface area contributed by atoms with Crippen LogP contribution in [0, 0.1) is 79.9 Å². The molecule has 0 fully saturated rings. The largest absolute Gasteiger partial charge is 0.479 e. The smallest absolute Gasteiger partial charge is 0.335 e. The second kappa shape index (κ2) is 20.8. The van der Waals surface area contributed by atoms with Gasteiger partial charge in [0.2, 0.25) is 0 Å². The van der Waals surface area contributed by atoms with Crippen LogP contribution in [0.1, 0.15) is 0 Å². The molecule has 190 valence electrons. The van der Waals surface area contributed by atoms with Gasteiger partial charge in [-0.3, -0.25) is 0 Å². The van der Waals surface area contributed by atoms with Crippen molar-refractivity contribution in [3.05, 3.63) is 0 Å². The molecule has 18 nitrogen and oxygen atoms in total. The molecular formula is C12H18Gd2O18. The van der Waals surface area contributed by atoms with E-state index >= 15 is 0 Å². The van der Waals surface area contributed by atoms with Gasteiger partial charge in [-0.1, -0.05) is 0 Å². The minimum atomic E-state index is -2.27. The molecule has 0 heterocycles. The molecule has 12 N–H and O–H groups in total. The van der Waals surface area contributed by atoms with Gasteiger partial charge >= 0.3 is 35.8 Å². The average Bonchev–Trinajstić information content (AvgIpc) is 2.64. The van der Waals surface area contributed by atoms with Gasteiger partial charge in [0.1, 0.15) is 0 Å². The van der Waals surface area contributed by atoms with Crippen molar-refractivity contribution in [2.75, 3.05) is 0 Å². The van der Waals surface area contributed by atoms with Gasteiger partial charge < -0.3 is 61.3 Å². The van der Waals surface area contributed by atoms with E-state index in [2.05, 4.69) is 0 Å². The third kappa shape index (κ3) is 18.8. The van der Waals surface area contributed by atoms with E-state index in [0.717, 1.165) is 0 Å². The first kappa shape index (κ1) is 41.5. The van der Waals surface area contributed by atoms with Gasteiger partial charge in [-0.25, -0.2) is 28.8 Å². The van der Waals surface area contributed by atoms with Crippen LogP contribution in [-0.2, 0) is 28.8 Å². The van der Waals surface area contributed by atoms with Crippen LogP contribution in [0.3, 0.4) is 0 Å². The minimum Gasteiger partial charge on any atom is -0.479 e. The Kier molecular flexibility index (Phi) is 27.0. The Labute approximate surface area is 240 Å². The van der Waals surface area contributed by atoms with Crippen molar-refractivity contribution in [3.63, 3.8) is 0 Å². The SMILES string of the molecule is O=C(O)C(O)C(O)C(=O)O.O=C(O)C(O)C(O)C(=O)O.O=C(O)C(O)C(O)C(=O)O.[Gd].[Gd]. The summed E-state index contributed by atoms with van der Waals surface area (Å²) in [6.07, 6.45) is -13.6. The molecule has 0 aromatic carbocycles. The summed E-state index contributed by atoms with van der Waals surface area (Å²) in [5, 5.41) is 97.6. The van der Waals surface area contributed by atoms with E-state index in [0.29, 0.717) is 0 Å². The molecule has 20 heteroatoms. The molecule has 0 aliphatic heterocycles. The molecule has 0 saturated heterocycles. The van der Waals surface area contributed by atoms with Crippen LogP contribution in [-0.4, -0.2) is 134 Å². The molecule has 32 heavy (non-hydrogen) atoms. The van der Waals surface area contributed by atoms with Crippen molar-refractivity contribution in [2.24, 2.45) is 0 Å². The van der Waals surface area contributed by atoms with Gasteiger partial charge in [0.15, 0.2) is 36.6 Å². The summed E-state index contributed by atoms with van der Waals surface area (Å²) in [5.74, 6) is -10.6. The fraction of sp³-hybridized carbons (Fsp3) is 0.500. The standard InChI is InChI=1S/3C4H6O6.2Gd/c3*5-1(3(7)8)2(6)4(9)10;;/h3*1-2,5-6H,(H,7,8)(H,9,10);;. The van der Waals surface area contributed by atoms with Crippen molar-refractivity contribution in [3.8, 4) is 0 Å². The Balaban J connectivity index is -0.000000110. The van der Waals surface area contributed by atoms with Gasteiger partial charge in [-0.15, -0.1) is 0 Å². The first-order valence-corrected chi connectivity index (χ1v) is 6.85. The number of hydrogen-bond acceptors (Lipinski definition) is 12. The van der Waals surface area contributed by atoms with Crippen molar-refractivity contribution in [2.45, 2.75) is 36.6 Å². The van der Waals surface area contributed by atoms with Gasteiger partial charge in [-0.2, -0.15) is 0 Å². The predicted molar refractivity (Wildman–Crippen MR) is 81.9 cm³/mol. The molecule has 6 atom stereocenters. The molecule has 6 unspecified atom stereocenters. The predicted octanol–water partition coefficient (Wildman–Crippen LogP) is -6.37. The molecule has 0 bridgehead atoms. The third-order valence-corrected chi connectivity index (χ3v) is 2.42. The van der Waals surface area contributed by atoms with Crippen LogP contribution in [0.25, 0.3) is 0 Å². The summed E-state index contributed by atoms with van der Waals surface area (Å²) in [5.41, 5.74) is 0. The quantitative estimate of drug-likeness (QED) is 0.104. The second-order valence-electron chi connectivity index (χ2n) is 4.70. The van der Waals surface area contributed by atoms with E-state index in [1.807, 2.05) is 0 Å². The molecule has 0 aliphatic rings. The molecule has 0 aromatic heterocycles. The zero-order valence-electron chi connectivity index (χ0n) is 15.0. The maximum Gasteiger partial charge on any atom is 0.335 e.